The first-order valence-electron chi connectivity index (χ1n) is 13.6. The summed E-state index contributed by atoms with van der Waals surface area (Å²) in [5, 5.41) is 33.2. The van der Waals surface area contributed by atoms with Crippen LogP contribution in [0.2, 0.25) is 0 Å². The number of aliphatic hydroxyl groups excluding tert-OH is 3. The van der Waals surface area contributed by atoms with E-state index in [-0.39, 0.29) is 44.4 Å². The molecule has 0 aromatic heterocycles. The molecule has 3 unspecified atom stereocenters. The molecular formula is C29H41IN2O7. The SMILES string of the molecule is C=CCCC(=O)N(CC1CCCCC1)C1CC(C(=O)NCCO)=CC(Oc2c(I)cc(CO)cc2OC)C1O. The molecule has 1 fully saturated rings. The third-order valence-corrected chi connectivity index (χ3v) is 8.20. The summed E-state index contributed by atoms with van der Waals surface area (Å²) in [4.78, 5) is 28.3. The molecule has 0 bridgehead atoms. The summed E-state index contributed by atoms with van der Waals surface area (Å²) in [6, 6.07) is 2.75. The highest BCUT2D eigenvalue weighted by Crippen LogP contribution is 2.37. The predicted molar refractivity (Wildman–Crippen MR) is 156 cm³/mol. The van der Waals surface area contributed by atoms with E-state index in [1.165, 1.54) is 13.5 Å². The molecule has 4 N–H and O–H groups in total. The van der Waals surface area contributed by atoms with Gasteiger partial charge in [0.2, 0.25) is 11.8 Å². The zero-order valence-corrected chi connectivity index (χ0v) is 24.8. The first-order chi connectivity index (χ1) is 18.8. The molecule has 1 aromatic rings. The van der Waals surface area contributed by atoms with Crippen LogP contribution in [0.25, 0.3) is 0 Å². The molecule has 1 saturated carbocycles. The lowest BCUT2D eigenvalue weighted by Crippen LogP contribution is -2.56. The van der Waals surface area contributed by atoms with Crippen LogP contribution in [0, 0.1) is 9.49 Å². The Balaban J connectivity index is 1.98. The molecule has 0 saturated heterocycles. The summed E-state index contributed by atoms with van der Waals surface area (Å²) >= 11 is 2.08. The Bertz CT molecular complexity index is 1030. The zero-order valence-electron chi connectivity index (χ0n) is 22.6. The zero-order chi connectivity index (χ0) is 28.4. The number of methoxy groups -OCH3 is 1. The number of rotatable bonds is 13. The van der Waals surface area contributed by atoms with Gasteiger partial charge in [-0.3, -0.25) is 9.59 Å². The highest BCUT2D eigenvalue weighted by atomic mass is 127. The lowest BCUT2D eigenvalue weighted by atomic mass is 9.85. The van der Waals surface area contributed by atoms with Crippen molar-refractivity contribution >= 4 is 34.4 Å². The third-order valence-electron chi connectivity index (χ3n) is 7.40. The summed E-state index contributed by atoms with van der Waals surface area (Å²) < 4.78 is 12.5. The van der Waals surface area contributed by atoms with Crippen molar-refractivity contribution in [2.45, 2.75) is 76.2 Å². The second-order valence-electron chi connectivity index (χ2n) is 10.2. The molecule has 9 nitrogen and oxygen atoms in total. The van der Waals surface area contributed by atoms with Crippen LogP contribution >= 0.6 is 22.6 Å². The fraction of sp³-hybridized carbons (Fsp3) is 0.586. The standard InChI is InChI=1S/C29H41IN2O7/c1-3-4-10-26(35)32(17-19-8-6-5-7-9-19)23-15-21(29(37)31-11-12-33)16-24(27(23)36)39-28-22(30)13-20(18-34)14-25(28)38-2/h3,13-14,16,19,23-24,27,33-34,36H,1,4-12,15,17-18H2,2H3,(H,31,37). The Hall–Kier alpha value is -2.15. The van der Waals surface area contributed by atoms with Crippen molar-refractivity contribution in [2.24, 2.45) is 5.92 Å². The first-order valence-corrected chi connectivity index (χ1v) is 14.7. The van der Waals surface area contributed by atoms with Gasteiger partial charge in [-0.15, -0.1) is 6.58 Å². The fourth-order valence-electron chi connectivity index (χ4n) is 5.33. The number of amides is 2. The molecular weight excluding hydrogens is 615 g/mol. The van der Waals surface area contributed by atoms with E-state index >= 15 is 0 Å². The Labute approximate surface area is 244 Å². The second kappa shape index (κ2) is 15.6. The highest BCUT2D eigenvalue weighted by Gasteiger charge is 2.41. The van der Waals surface area contributed by atoms with Gasteiger partial charge in [0.25, 0.3) is 0 Å². The third kappa shape index (κ3) is 8.42. The smallest absolute Gasteiger partial charge is 0.247 e. The number of halogens is 1. The van der Waals surface area contributed by atoms with Gasteiger partial charge in [0.1, 0.15) is 12.2 Å². The number of hydrogen-bond donors (Lipinski definition) is 4. The Morgan fingerprint density at radius 1 is 1.23 bits per heavy atom. The highest BCUT2D eigenvalue weighted by molar-refractivity contribution is 14.1. The minimum absolute atomic E-state index is 0.0836. The van der Waals surface area contributed by atoms with E-state index in [9.17, 15) is 24.9 Å². The summed E-state index contributed by atoms with van der Waals surface area (Å²) in [7, 11) is 1.49. The van der Waals surface area contributed by atoms with Crippen LogP contribution in [0.15, 0.2) is 36.4 Å². The van der Waals surface area contributed by atoms with Gasteiger partial charge in [0.15, 0.2) is 11.5 Å². The van der Waals surface area contributed by atoms with Gasteiger partial charge in [-0.05, 0) is 71.5 Å². The van der Waals surface area contributed by atoms with E-state index in [0.29, 0.717) is 45.1 Å². The molecule has 2 amide bonds. The second-order valence-corrected chi connectivity index (χ2v) is 11.3. The first kappa shape index (κ1) is 31.4. The lowest BCUT2D eigenvalue weighted by molar-refractivity contribution is -0.139. The Morgan fingerprint density at radius 3 is 2.62 bits per heavy atom. The number of aliphatic hydroxyl groups is 3. The van der Waals surface area contributed by atoms with E-state index in [0.717, 1.165) is 25.7 Å². The topological polar surface area (TPSA) is 129 Å². The maximum atomic E-state index is 13.5. The molecule has 2 aliphatic rings. The van der Waals surface area contributed by atoms with E-state index in [4.69, 9.17) is 9.47 Å². The van der Waals surface area contributed by atoms with Crippen molar-refractivity contribution in [3.05, 3.63) is 45.6 Å². The molecule has 0 heterocycles. The van der Waals surface area contributed by atoms with Crippen molar-refractivity contribution in [3.63, 3.8) is 0 Å². The van der Waals surface area contributed by atoms with Gasteiger partial charge in [0.05, 0.1) is 29.9 Å². The van der Waals surface area contributed by atoms with Gasteiger partial charge in [-0.25, -0.2) is 0 Å². The van der Waals surface area contributed by atoms with Crippen LogP contribution in [-0.2, 0) is 16.2 Å². The van der Waals surface area contributed by atoms with Gasteiger partial charge >= 0.3 is 0 Å². The van der Waals surface area contributed by atoms with Crippen LogP contribution in [0.4, 0.5) is 0 Å². The number of allylic oxidation sites excluding steroid dienone is 1. The summed E-state index contributed by atoms with van der Waals surface area (Å²) in [6.45, 7) is 3.98. The molecule has 0 spiro atoms. The van der Waals surface area contributed by atoms with Crippen molar-refractivity contribution in [2.75, 3.05) is 26.8 Å². The number of nitrogens with zero attached hydrogens (tertiary/aromatic N) is 1. The average Bonchev–Trinajstić information content (AvgIpc) is 2.95. The number of hydrogen-bond acceptors (Lipinski definition) is 7. The summed E-state index contributed by atoms with van der Waals surface area (Å²) in [6.07, 6.45) is 7.71. The van der Waals surface area contributed by atoms with Gasteiger partial charge in [0, 0.05) is 31.5 Å². The van der Waals surface area contributed by atoms with E-state index in [1.54, 1.807) is 29.2 Å². The summed E-state index contributed by atoms with van der Waals surface area (Å²) in [5.74, 6) is 0.648. The van der Waals surface area contributed by atoms with Crippen LogP contribution in [0.3, 0.4) is 0 Å². The van der Waals surface area contributed by atoms with E-state index in [2.05, 4.69) is 34.5 Å². The van der Waals surface area contributed by atoms with Gasteiger partial charge < -0.3 is 35.0 Å². The molecule has 0 aliphatic heterocycles. The van der Waals surface area contributed by atoms with Crippen molar-refractivity contribution in [1.82, 2.24) is 10.2 Å². The van der Waals surface area contributed by atoms with Crippen LogP contribution < -0.4 is 14.8 Å². The molecule has 3 atom stereocenters. The summed E-state index contributed by atoms with van der Waals surface area (Å²) in [5.41, 5.74) is 1.03. The normalized spacial score (nSPS) is 21.6. The molecule has 3 rings (SSSR count). The lowest BCUT2D eigenvalue weighted by Gasteiger charge is -2.42. The maximum absolute atomic E-state index is 13.5. The largest absolute Gasteiger partial charge is 0.493 e. The van der Waals surface area contributed by atoms with Crippen molar-refractivity contribution in [3.8, 4) is 11.5 Å². The number of nitrogens with one attached hydrogen (secondary N) is 1. The molecule has 0 radical (unpaired) electrons. The van der Waals surface area contributed by atoms with Crippen LogP contribution in [0.5, 0.6) is 11.5 Å². The van der Waals surface area contributed by atoms with Gasteiger partial charge in [-0.1, -0.05) is 25.3 Å². The average molecular weight is 657 g/mol. The number of benzene rings is 1. The molecule has 10 heteroatoms. The van der Waals surface area contributed by atoms with E-state index in [1.807, 2.05) is 0 Å². The van der Waals surface area contributed by atoms with E-state index < -0.39 is 18.2 Å². The number of carbonyl (C=O) groups is 2. The maximum Gasteiger partial charge on any atom is 0.247 e. The quantitative estimate of drug-likeness (QED) is 0.190. The predicted octanol–water partition coefficient (Wildman–Crippen LogP) is 3.08. The number of carbonyl (C=O) groups excluding carboxylic acids is 2. The van der Waals surface area contributed by atoms with Crippen molar-refractivity contribution in [1.29, 1.82) is 0 Å². The molecule has 1 aromatic carbocycles. The Morgan fingerprint density at radius 2 is 1.97 bits per heavy atom. The minimum atomic E-state index is -1.10. The fourth-order valence-corrected chi connectivity index (χ4v) is 6.13. The number of ether oxygens (including phenoxy) is 2. The molecule has 39 heavy (non-hydrogen) atoms. The van der Waals surface area contributed by atoms with Gasteiger partial charge in [-0.2, -0.15) is 0 Å². The monoisotopic (exact) mass is 656 g/mol. The van der Waals surface area contributed by atoms with Crippen LogP contribution in [0.1, 0.15) is 56.9 Å². The van der Waals surface area contributed by atoms with Crippen LogP contribution in [-0.4, -0.2) is 77.1 Å². The Kier molecular flexibility index (Phi) is 12.5. The molecule has 2 aliphatic carbocycles. The minimum Gasteiger partial charge on any atom is -0.493 e. The van der Waals surface area contributed by atoms with Crippen molar-refractivity contribution < 1.29 is 34.4 Å². The molecule has 216 valence electrons.